The largest absolute Gasteiger partial charge is 0.323 e. The topological polar surface area (TPSA) is 17.8 Å². The van der Waals surface area contributed by atoms with Gasteiger partial charge in [-0.2, -0.15) is 0 Å². The summed E-state index contributed by atoms with van der Waals surface area (Å²) in [4.78, 5) is 4.21. The second kappa shape index (κ2) is 6.57. The van der Waals surface area contributed by atoms with E-state index in [2.05, 4.69) is 65.1 Å². The summed E-state index contributed by atoms with van der Waals surface area (Å²) in [6, 6.07) is 15.4. The van der Waals surface area contributed by atoms with Crippen LogP contribution in [0.2, 0.25) is 0 Å². The Morgan fingerprint density at radius 1 is 1.05 bits per heavy atom. The highest BCUT2D eigenvalue weighted by molar-refractivity contribution is 8.20. The fourth-order valence-electron chi connectivity index (χ4n) is 2.85. The van der Waals surface area contributed by atoms with Gasteiger partial charge in [-0.25, -0.2) is 4.98 Å². The standard InChI is InChI=1S/C17H16N2S2.ClH/c1-12-20-16(17(21-12)19-9-8-18-11-19)15-7-6-13-4-2-3-5-14(13)10-15;/h2-12,16-17H,1H3;1H. The van der Waals surface area contributed by atoms with Crippen LogP contribution in [-0.2, 0) is 0 Å². The third kappa shape index (κ3) is 2.87. The van der Waals surface area contributed by atoms with Crippen molar-refractivity contribution in [1.82, 2.24) is 9.55 Å². The highest BCUT2D eigenvalue weighted by Gasteiger charge is 2.35. The number of hydrogen-bond acceptors (Lipinski definition) is 3. The van der Waals surface area contributed by atoms with Gasteiger partial charge in [0, 0.05) is 12.4 Å². The molecule has 4 rings (SSSR count). The molecule has 3 aromatic rings. The Labute approximate surface area is 145 Å². The second-order valence-electron chi connectivity index (χ2n) is 5.27. The minimum atomic E-state index is 0. The first-order valence-electron chi connectivity index (χ1n) is 7.08. The lowest BCUT2D eigenvalue weighted by molar-refractivity contribution is 0.670. The highest BCUT2D eigenvalue weighted by Crippen LogP contribution is 2.57. The third-order valence-electron chi connectivity index (χ3n) is 3.85. The SMILES string of the molecule is CC1SC(c2ccc3ccccc3c2)C(n2ccnc2)S1.Cl. The molecule has 2 nitrogen and oxygen atoms in total. The van der Waals surface area contributed by atoms with Gasteiger partial charge in [-0.15, -0.1) is 35.9 Å². The van der Waals surface area contributed by atoms with Crippen LogP contribution < -0.4 is 0 Å². The zero-order valence-electron chi connectivity index (χ0n) is 12.1. The lowest BCUT2D eigenvalue weighted by Crippen LogP contribution is -2.07. The molecule has 2 aromatic carbocycles. The van der Waals surface area contributed by atoms with Gasteiger partial charge in [-0.05, 0) is 29.3 Å². The summed E-state index contributed by atoms with van der Waals surface area (Å²) in [5.41, 5.74) is 1.41. The van der Waals surface area contributed by atoms with Gasteiger partial charge >= 0.3 is 0 Å². The Balaban J connectivity index is 0.00000144. The summed E-state index contributed by atoms with van der Waals surface area (Å²) < 4.78 is 2.84. The molecule has 114 valence electrons. The molecule has 0 aliphatic carbocycles. The maximum Gasteiger partial charge on any atom is 0.0973 e. The molecule has 2 heterocycles. The maximum atomic E-state index is 4.21. The van der Waals surface area contributed by atoms with Crippen LogP contribution in [0.3, 0.4) is 0 Å². The molecule has 3 unspecified atom stereocenters. The van der Waals surface area contributed by atoms with E-state index in [9.17, 15) is 0 Å². The molecular formula is C17H17ClN2S2. The molecule has 0 saturated carbocycles. The van der Waals surface area contributed by atoms with E-state index in [0.717, 1.165) is 0 Å². The van der Waals surface area contributed by atoms with Gasteiger partial charge in [0.25, 0.3) is 0 Å². The first kappa shape index (κ1) is 15.8. The molecule has 0 N–H and O–H groups in total. The molecule has 1 saturated heterocycles. The van der Waals surface area contributed by atoms with E-state index in [1.54, 1.807) is 0 Å². The zero-order chi connectivity index (χ0) is 14.2. The van der Waals surface area contributed by atoms with Crippen molar-refractivity contribution >= 4 is 46.7 Å². The molecule has 1 aromatic heterocycles. The zero-order valence-corrected chi connectivity index (χ0v) is 14.6. The van der Waals surface area contributed by atoms with E-state index in [4.69, 9.17) is 0 Å². The third-order valence-corrected chi connectivity index (χ3v) is 7.07. The van der Waals surface area contributed by atoms with E-state index in [1.165, 1.54) is 16.3 Å². The van der Waals surface area contributed by atoms with Gasteiger partial charge in [-0.3, -0.25) is 0 Å². The summed E-state index contributed by atoms with van der Waals surface area (Å²) in [6.45, 7) is 2.29. The Hall–Kier alpha value is -1.10. The average molecular weight is 349 g/mol. The van der Waals surface area contributed by atoms with Gasteiger partial charge < -0.3 is 4.57 Å². The molecule has 22 heavy (non-hydrogen) atoms. The monoisotopic (exact) mass is 348 g/mol. The number of rotatable bonds is 2. The number of fused-ring (bicyclic) bond motifs is 1. The molecule has 0 radical (unpaired) electrons. The lowest BCUT2D eigenvalue weighted by atomic mass is 10.0. The highest BCUT2D eigenvalue weighted by atomic mass is 35.5. The van der Waals surface area contributed by atoms with Crippen molar-refractivity contribution < 1.29 is 0 Å². The van der Waals surface area contributed by atoms with Gasteiger partial charge in [0.05, 0.1) is 21.5 Å². The van der Waals surface area contributed by atoms with Crippen molar-refractivity contribution in [3.63, 3.8) is 0 Å². The van der Waals surface area contributed by atoms with E-state index in [0.29, 0.717) is 15.2 Å². The van der Waals surface area contributed by atoms with Crippen molar-refractivity contribution in [2.45, 2.75) is 22.1 Å². The van der Waals surface area contributed by atoms with Crippen LogP contribution in [-0.4, -0.2) is 14.1 Å². The number of benzene rings is 2. The Bertz CT molecular complexity index is 760. The van der Waals surface area contributed by atoms with Gasteiger partial charge in [-0.1, -0.05) is 36.4 Å². The summed E-state index contributed by atoms with van der Waals surface area (Å²) in [5.74, 6) is 0. The molecule has 0 bridgehead atoms. The summed E-state index contributed by atoms with van der Waals surface area (Å²) >= 11 is 4.07. The molecule has 0 spiro atoms. The number of halogens is 1. The summed E-state index contributed by atoms with van der Waals surface area (Å²) in [5, 5.41) is 3.53. The summed E-state index contributed by atoms with van der Waals surface area (Å²) in [6.07, 6.45) is 5.88. The predicted octanol–water partition coefficient (Wildman–Crippen LogP) is 5.52. The molecule has 1 aliphatic rings. The van der Waals surface area contributed by atoms with Crippen LogP contribution in [0.15, 0.2) is 61.2 Å². The van der Waals surface area contributed by atoms with Crippen LogP contribution in [0, 0.1) is 0 Å². The maximum absolute atomic E-state index is 4.21. The van der Waals surface area contributed by atoms with E-state index >= 15 is 0 Å². The Morgan fingerprint density at radius 3 is 2.64 bits per heavy atom. The summed E-state index contributed by atoms with van der Waals surface area (Å²) in [7, 11) is 0. The number of imidazole rings is 1. The fourth-order valence-corrected chi connectivity index (χ4v) is 6.14. The first-order chi connectivity index (χ1) is 10.3. The van der Waals surface area contributed by atoms with Gasteiger partial charge in [0.15, 0.2) is 0 Å². The Kier molecular flexibility index (Phi) is 4.71. The van der Waals surface area contributed by atoms with Crippen LogP contribution in [0.25, 0.3) is 10.8 Å². The average Bonchev–Trinajstić information content (AvgIpc) is 3.15. The lowest BCUT2D eigenvalue weighted by Gasteiger charge is -2.19. The van der Waals surface area contributed by atoms with Crippen molar-refractivity contribution in [3.8, 4) is 0 Å². The van der Waals surface area contributed by atoms with Crippen LogP contribution in [0.1, 0.15) is 23.1 Å². The predicted molar refractivity (Wildman–Crippen MR) is 99.8 cm³/mol. The van der Waals surface area contributed by atoms with E-state index < -0.39 is 0 Å². The first-order valence-corrected chi connectivity index (χ1v) is 8.97. The smallest absolute Gasteiger partial charge is 0.0973 e. The van der Waals surface area contributed by atoms with Crippen LogP contribution in [0.4, 0.5) is 0 Å². The molecule has 3 atom stereocenters. The van der Waals surface area contributed by atoms with Crippen molar-refractivity contribution in [1.29, 1.82) is 0 Å². The van der Waals surface area contributed by atoms with Crippen LogP contribution >= 0.6 is 35.9 Å². The Morgan fingerprint density at radius 2 is 1.86 bits per heavy atom. The molecule has 1 fully saturated rings. The van der Waals surface area contributed by atoms with E-state index in [1.807, 2.05) is 36.0 Å². The van der Waals surface area contributed by atoms with Gasteiger partial charge in [0.1, 0.15) is 0 Å². The molecule has 0 amide bonds. The normalized spacial score (nSPS) is 24.3. The number of hydrogen-bond donors (Lipinski definition) is 0. The molecule has 5 heteroatoms. The number of aromatic nitrogens is 2. The van der Waals surface area contributed by atoms with Crippen molar-refractivity contribution in [2.75, 3.05) is 0 Å². The van der Waals surface area contributed by atoms with E-state index in [-0.39, 0.29) is 12.4 Å². The van der Waals surface area contributed by atoms with Crippen molar-refractivity contribution in [3.05, 3.63) is 66.7 Å². The van der Waals surface area contributed by atoms with Crippen molar-refractivity contribution in [2.24, 2.45) is 0 Å². The quantitative estimate of drug-likeness (QED) is 0.607. The van der Waals surface area contributed by atoms with Gasteiger partial charge in [0.2, 0.25) is 0 Å². The second-order valence-corrected chi connectivity index (χ2v) is 8.52. The molecular weight excluding hydrogens is 332 g/mol. The fraction of sp³-hybridized carbons (Fsp3) is 0.235. The van der Waals surface area contributed by atoms with Crippen LogP contribution in [0.5, 0.6) is 0 Å². The minimum absolute atomic E-state index is 0. The number of thioether (sulfide) groups is 2. The number of nitrogens with zero attached hydrogens (tertiary/aromatic N) is 2. The minimum Gasteiger partial charge on any atom is -0.323 e. The molecule has 1 aliphatic heterocycles.